The molecule has 0 radical (unpaired) electrons. The number of carbonyl (C=O) groups is 1. The Morgan fingerprint density at radius 3 is 2.23 bits per heavy atom. The number of rotatable bonds is 5. The first-order valence-corrected chi connectivity index (χ1v) is 13.6. The van der Waals surface area contributed by atoms with E-state index in [0.717, 1.165) is 33.3 Å². The molecule has 2 N–H and O–H groups in total. The molecule has 7 heteroatoms. The number of hydrogen-bond acceptors (Lipinski definition) is 5. The van der Waals surface area contributed by atoms with Crippen LogP contribution in [0, 0.1) is 25.7 Å². The smallest absolute Gasteiger partial charge is 0.226 e. The number of benzene rings is 1. The summed E-state index contributed by atoms with van der Waals surface area (Å²) in [6, 6.07) is 8.15. The molecular formula is C28H42N4O2S. The molecule has 3 aromatic rings. The highest BCUT2D eigenvalue weighted by Gasteiger charge is 2.39. The van der Waals surface area contributed by atoms with Gasteiger partial charge in [0.2, 0.25) is 5.91 Å². The third-order valence-corrected chi connectivity index (χ3v) is 7.35. The monoisotopic (exact) mass is 498 g/mol. The standard InChI is InChI=1S/C24H30N4O2S.2C2H6/c1-13(2)14(3)24(30)28-12-19(29)10-21(28)23-25-11-20(27-23)17-6-8-18(9-7-17)22-15(4)26-16(5)31-22;2*1-2/h6-9,11,13-14,19,21,29H,10,12H2,1-5H3,(H,25,27);2*1-2H3. The molecule has 1 aromatic carbocycles. The third-order valence-electron chi connectivity index (χ3n) is 6.22. The van der Waals surface area contributed by atoms with Crippen LogP contribution in [-0.2, 0) is 4.79 Å². The Morgan fingerprint density at radius 2 is 1.69 bits per heavy atom. The number of likely N-dealkylation sites (tertiary alicyclic amines) is 1. The topological polar surface area (TPSA) is 82.1 Å². The summed E-state index contributed by atoms with van der Waals surface area (Å²) in [5.41, 5.74) is 4.15. The van der Waals surface area contributed by atoms with Crippen molar-refractivity contribution in [3.63, 3.8) is 0 Å². The number of aryl methyl sites for hydroxylation is 2. The van der Waals surface area contributed by atoms with E-state index in [0.29, 0.717) is 13.0 Å². The van der Waals surface area contributed by atoms with Crippen molar-refractivity contribution in [1.82, 2.24) is 19.9 Å². The summed E-state index contributed by atoms with van der Waals surface area (Å²) >= 11 is 1.70. The summed E-state index contributed by atoms with van der Waals surface area (Å²) in [6.07, 6.45) is 1.80. The number of aliphatic hydroxyl groups excluding tert-OH is 1. The predicted octanol–water partition coefficient (Wildman–Crippen LogP) is 6.80. The molecule has 0 aliphatic carbocycles. The number of H-pyrrole nitrogens is 1. The van der Waals surface area contributed by atoms with Crippen molar-refractivity contribution in [3.8, 4) is 21.7 Å². The quantitative estimate of drug-likeness (QED) is 0.405. The molecule has 192 valence electrons. The number of β-amino-alcohol motifs (C(OH)–C–C–N with tert-alkyl or cyclic N) is 1. The molecule has 3 unspecified atom stereocenters. The Kier molecular flexibility index (Phi) is 10.7. The SMILES string of the molecule is CC.CC.Cc1nc(C)c(-c2ccc(-c3cnc(C4CC(O)CN4C(=O)C(C)C(C)C)[nH]3)cc2)s1. The van der Waals surface area contributed by atoms with Crippen molar-refractivity contribution in [1.29, 1.82) is 0 Å². The minimum Gasteiger partial charge on any atom is -0.391 e. The summed E-state index contributed by atoms with van der Waals surface area (Å²) in [5, 5.41) is 11.3. The van der Waals surface area contributed by atoms with Crippen molar-refractivity contribution in [2.45, 2.75) is 80.9 Å². The minimum absolute atomic E-state index is 0.0778. The van der Waals surface area contributed by atoms with Gasteiger partial charge in [0.1, 0.15) is 5.82 Å². The summed E-state index contributed by atoms with van der Waals surface area (Å²) in [4.78, 5) is 28.4. The number of nitrogens with one attached hydrogen (secondary N) is 1. The van der Waals surface area contributed by atoms with Gasteiger partial charge in [-0.3, -0.25) is 4.79 Å². The van der Waals surface area contributed by atoms with Crippen molar-refractivity contribution in [3.05, 3.63) is 47.0 Å². The van der Waals surface area contributed by atoms with Gasteiger partial charge in [-0.25, -0.2) is 9.97 Å². The maximum Gasteiger partial charge on any atom is 0.226 e. The van der Waals surface area contributed by atoms with Gasteiger partial charge >= 0.3 is 0 Å². The van der Waals surface area contributed by atoms with Gasteiger partial charge in [0.15, 0.2) is 0 Å². The number of carbonyl (C=O) groups excluding carboxylic acids is 1. The van der Waals surface area contributed by atoms with E-state index in [2.05, 4.69) is 39.2 Å². The number of hydrogen-bond donors (Lipinski definition) is 2. The van der Waals surface area contributed by atoms with Gasteiger partial charge < -0.3 is 15.0 Å². The first-order valence-electron chi connectivity index (χ1n) is 12.8. The molecule has 1 saturated heterocycles. The summed E-state index contributed by atoms with van der Waals surface area (Å²) in [5.74, 6) is 0.971. The Labute approximate surface area is 214 Å². The van der Waals surface area contributed by atoms with E-state index >= 15 is 0 Å². The molecule has 1 aliphatic heterocycles. The van der Waals surface area contributed by atoms with Crippen LogP contribution in [0.25, 0.3) is 21.7 Å². The Bertz CT molecular complexity index is 1070. The van der Waals surface area contributed by atoms with Crippen LogP contribution in [-0.4, -0.2) is 43.5 Å². The van der Waals surface area contributed by atoms with Gasteiger partial charge in [-0.1, -0.05) is 72.7 Å². The number of aliphatic hydroxyl groups is 1. The van der Waals surface area contributed by atoms with E-state index in [-0.39, 0.29) is 23.8 Å². The van der Waals surface area contributed by atoms with Crippen LogP contribution < -0.4 is 0 Å². The number of amides is 1. The van der Waals surface area contributed by atoms with Crippen LogP contribution in [0.1, 0.15) is 77.5 Å². The second-order valence-corrected chi connectivity index (χ2v) is 10.0. The molecule has 1 amide bonds. The average molecular weight is 499 g/mol. The lowest BCUT2D eigenvalue weighted by atomic mass is 9.96. The van der Waals surface area contributed by atoms with Crippen LogP contribution >= 0.6 is 11.3 Å². The molecular weight excluding hydrogens is 456 g/mol. The van der Waals surface area contributed by atoms with Crippen LogP contribution in [0.5, 0.6) is 0 Å². The van der Waals surface area contributed by atoms with E-state index in [4.69, 9.17) is 0 Å². The second kappa shape index (κ2) is 13.0. The van der Waals surface area contributed by atoms with Gasteiger partial charge in [0.25, 0.3) is 0 Å². The maximum absolute atomic E-state index is 13.0. The minimum atomic E-state index is -0.521. The number of aromatic nitrogens is 3. The third kappa shape index (κ3) is 6.58. The Balaban J connectivity index is 0.00000103. The normalized spacial score (nSPS) is 18.0. The molecule has 6 nitrogen and oxygen atoms in total. The fourth-order valence-corrected chi connectivity index (χ4v) is 5.04. The van der Waals surface area contributed by atoms with E-state index < -0.39 is 6.10 Å². The lowest BCUT2D eigenvalue weighted by Crippen LogP contribution is -2.37. The molecule has 0 saturated carbocycles. The lowest BCUT2D eigenvalue weighted by Gasteiger charge is -2.27. The summed E-state index contributed by atoms with van der Waals surface area (Å²) < 4.78 is 0. The number of nitrogens with zero attached hydrogens (tertiary/aromatic N) is 3. The Hall–Kier alpha value is -2.51. The van der Waals surface area contributed by atoms with Gasteiger partial charge in [-0.15, -0.1) is 11.3 Å². The molecule has 35 heavy (non-hydrogen) atoms. The van der Waals surface area contributed by atoms with E-state index in [1.54, 1.807) is 16.2 Å². The zero-order valence-electron chi connectivity index (χ0n) is 22.7. The predicted molar refractivity (Wildman–Crippen MR) is 146 cm³/mol. The van der Waals surface area contributed by atoms with Gasteiger partial charge in [0, 0.05) is 18.9 Å². The van der Waals surface area contributed by atoms with E-state index in [1.165, 1.54) is 4.88 Å². The van der Waals surface area contributed by atoms with Crippen molar-refractivity contribution in [2.75, 3.05) is 6.54 Å². The fourth-order valence-electron chi connectivity index (χ4n) is 4.12. The molecule has 3 atom stereocenters. The number of thiazole rings is 1. The zero-order valence-corrected chi connectivity index (χ0v) is 23.5. The zero-order chi connectivity index (χ0) is 26.3. The first kappa shape index (κ1) is 28.7. The second-order valence-electron chi connectivity index (χ2n) is 8.84. The lowest BCUT2D eigenvalue weighted by molar-refractivity contribution is -0.137. The Morgan fingerprint density at radius 1 is 1.09 bits per heavy atom. The maximum atomic E-state index is 13.0. The number of aromatic amines is 1. The molecule has 1 aliphatic rings. The molecule has 3 heterocycles. The van der Waals surface area contributed by atoms with E-state index in [9.17, 15) is 9.90 Å². The highest BCUT2D eigenvalue weighted by molar-refractivity contribution is 7.15. The van der Waals surface area contributed by atoms with Crippen molar-refractivity contribution in [2.24, 2.45) is 11.8 Å². The molecule has 4 rings (SSSR count). The highest BCUT2D eigenvalue weighted by Crippen LogP contribution is 2.35. The largest absolute Gasteiger partial charge is 0.391 e. The van der Waals surface area contributed by atoms with Crippen LogP contribution in [0.4, 0.5) is 0 Å². The van der Waals surface area contributed by atoms with Crippen molar-refractivity contribution < 1.29 is 9.90 Å². The van der Waals surface area contributed by atoms with Crippen molar-refractivity contribution >= 4 is 17.2 Å². The van der Waals surface area contributed by atoms with Crippen LogP contribution in [0.3, 0.4) is 0 Å². The molecule has 0 spiro atoms. The fraction of sp³-hybridized carbons (Fsp3) is 0.536. The average Bonchev–Trinajstić information content (AvgIpc) is 3.59. The van der Waals surface area contributed by atoms with Crippen LogP contribution in [0.15, 0.2) is 30.5 Å². The van der Waals surface area contributed by atoms with Gasteiger partial charge in [-0.2, -0.15) is 0 Å². The van der Waals surface area contributed by atoms with Gasteiger partial charge in [0.05, 0.1) is 39.6 Å². The van der Waals surface area contributed by atoms with Crippen LogP contribution in [0.2, 0.25) is 0 Å². The van der Waals surface area contributed by atoms with Gasteiger partial charge in [-0.05, 0) is 30.9 Å². The molecule has 0 bridgehead atoms. The first-order chi connectivity index (χ1) is 16.7. The summed E-state index contributed by atoms with van der Waals surface area (Å²) in [6.45, 7) is 18.5. The molecule has 1 fully saturated rings. The number of imidazole rings is 1. The summed E-state index contributed by atoms with van der Waals surface area (Å²) in [7, 11) is 0. The molecule has 2 aromatic heterocycles. The van der Waals surface area contributed by atoms with E-state index in [1.807, 2.05) is 68.5 Å². The highest BCUT2D eigenvalue weighted by atomic mass is 32.1.